The lowest BCUT2D eigenvalue weighted by atomic mass is 10.1. The molecule has 0 aliphatic heterocycles. The molecule has 2 N–H and O–H groups in total. The van der Waals surface area contributed by atoms with Gasteiger partial charge in [-0.3, -0.25) is 0 Å². The molecule has 1 heterocycles. The number of hydrogen-bond donors (Lipinski definition) is 2. The molecular formula is C22H33IN4O3S. The number of aromatic nitrogens is 1. The zero-order valence-electron chi connectivity index (χ0n) is 18.9. The van der Waals surface area contributed by atoms with Crippen LogP contribution in [0.25, 0.3) is 0 Å². The first-order chi connectivity index (χ1) is 14.5. The smallest absolute Gasteiger partial charge is 0.350 e. The highest BCUT2D eigenvalue weighted by Gasteiger charge is 2.20. The van der Waals surface area contributed by atoms with Crippen LogP contribution in [0.3, 0.4) is 0 Å². The number of aryl methyl sites for hydroxylation is 1. The quantitative estimate of drug-likeness (QED) is 0.191. The van der Waals surface area contributed by atoms with Crippen molar-refractivity contribution >= 4 is 47.2 Å². The van der Waals surface area contributed by atoms with E-state index in [2.05, 4.69) is 27.8 Å². The lowest BCUT2D eigenvalue weighted by Gasteiger charge is -2.16. The van der Waals surface area contributed by atoms with E-state index in [4.69, 9.17) is 14.5 Å². The van der Waals surface area contributed by atoms with E-state index >= 15 is 0 Å². The zero-order chi connectivity index (χ0) is 21.9. The Bertz CT molecular complexity index is 857. The molecule has 172 valence electrons. The molecule has 0 aliphatic carbocycles. The Hall–Kier alpha value is -1.72. The number of guanidine groups is 1. The zero-order valence-corrected chi connectivity index (χ0v) is 22.0. The van der Waals surface area contributed by atoms with E-state index in [1.165, 1.54) is 11.3 Å². The molecular weight excluding hydrogens is 527 g/mol. The Morgan fingerprint density at radius 1 is 1.19 bits per heavy atom. The molecule has 0 bridgehead atoms. The van der Waals surface area contributed by atoms with Crippen molar-refractivity contribution in [2.45, 2.75) is 53.8 Å². The third-order valence-corrected chi connectivity index (χ3v) is 5.65. The van der Waals surface area contributed by atoms with Crippen LogP contribution in [0.1, 0.15) is 65.2 Å². The summed E-state index contributed by atoms with van der Waals surface area (Å²) in [6.45, 7) is 12.5. The Balaban J connectivity index is 0.00000480. The second-order valence-electron chi connectivity index (χ2n) is 6.65. The van der Waals surface area contributed by atoms with Gasteiger partial charge in [-0.2, -0.15) is 0 Å². The number of hydrogen-bond acceptors (Lipinski definition) is 6. The van der Waals surface area contributed by atoms with Crippen molar-refractivity contribution in [2.75, 3.05) is 19.8 Å². The second kappa shape index (κ2) is 14.4. The average molecular weight is 561 g/mol. The number of carbonyl (C=O) groups excluding carboxylic acids is 1. The third kappa shape index (κ3) is 8.38. The van der Waals surface area contributed by atoms with E-state index in [0.717, 1.165) is 22.7 Å². The van der Waals surface area contributed by atoms with Gasteiger partial charge in [0.1, 0.15) is 9.88 Å². The minimum absolute atomic E-state index is 0. The molecule has 1 aromatic heterocycles. The van der Waals surface area contributed by atoms with Crippen LogP contribution in [0.5, 0.6) is 0 Å². The van der Waals surface area contributed by atoms with Crippen LogP contribution in [0.15, 0.2) is 29.3 Å². The summed E-state index contributed by atoms with van der Waals surface area (Å²) in [5.41, 5.74) is 2.96. The highest BCUT2D eigenvalue weighted by atomic mass is 127. The van der Waals surface area contributed by atoms with Crippen molar-refractivity contribution in [3.05, 3.63) is 51.0 Å². The Morgan fingerprint density at radius 2 is 1.90 bits per heavy atom. The van der Waals surface area contributed by atoms with Gasteiger partial charge in [-0.05, 0) is 45.7 Å². The molecule has 1 atom stereocenters. The first kappa shape index (κ1) is 27.3. The van der Waals surface area contributed by atoms with Crippen LogP contribution >= 0.6 is 35.3 Å². The maximum Gasteiger partial charge on any atom is 0.350 e. The van der Waals surface area contributed by atoms with Crippen LogP contribution in [-0.4, -0.2) is 36.7 Å². The monoisotopic (exact) mass is 560 g/mol. The lowest BCUT2D eigenvalue weighted by Crippen LogP contribution is -2.38. The Labute approximate surface area is 206 Å². The van der Waals surface area contributed by atoms with Gasteiger partial charge in [0.25, 0.3) is 0 Å². The molecule has 0 spiro atoms. The predicted molar refractivity (Wildman–Crippen MR) is 136 cm³/mol. The second-order valence-corrected chi connectivity index (χ2v) is 7.68. The summed E-state index contributed by atoms with van der Waals surface area (Å²) in [6.07, 6.45) is 0. The van der Waals surface area contributed by atoms with E-state index in [1.54, 1.807) is 6.92 Å². The maximum absolute atomic E-state index is 12.1. The van der Waals surface area contributed by atoms with Gasteiger partial charge in [0.15, 0.2) is 5.96 Å². The first-order valence-corrected chi connectivity index (χ1v) is 11.2. The highest BCUT2D eigenvalue weighted by molar-refractivity contribution is 14.0. The fraction of sp³-hybridized carbons (Fsp3) is 0.500. The molecule has 31 heavy (non-hydrogen) atoms. The predicted octanol–water partition coefficient (Wildman–Crippen LogP) is 4.60. The number of nitrogens with zero attached hydrogens (tertiary/aromatic N) is 2. The molecule has 2 rings (SSSR count). The van der Waals surface area contributed by atoms with Gasteiger partial charge in [-0.25, -0.2) is 14.8 Å². The van der Waals surface area contributed by atoms with Gasteiger partial charge in [0.05, 0.1) is 31.5 Å². The number of ether oxygens (including phenoxy) is 2. The van der Waals surface area contributed by atoms with E-state index in [0.29, 0.717) is 42.9 Å². The number of benzene rings is 1. The molecule has 9 heteroatoms. The van der Waals surface area contributed by atoms with E-state index in [1.807, 2.05) is 39.8 Å². The van der Waals surface area contributed by atoms with Gasteiger partial charge in [0, 0.05) is 13.2 Å². The van der Waals surface area contributed by atoms with Crippen molar-refractivity contribution < 1.29 is 14.3 Å². The topological polar surface area (TPSA) is 84.8 Å². The highest BCUT2D eigenvalue weighted by Crippen LogP contribution is 2.24. The van der Waals surface area contributed by atoms with Gasteiger partial charge >= 0.3 is 5.97 Å². The van der Waals surface area contributed by atoms with Crippen LogP contribution < -0.4 is 10.6 Å². The minimum atomic E-state index is -0.322. The van der Waals surface area contributed by atoms with Crippen LogP contribution in [0.4, 0.5) is 0 Å². The summed E-state index contributed by atoms with van der Waals surface area (Å²) in [5, 5.41) is 7.47. The lowest BCUT2D eigenvalue weighted by molar-refractivity contribution is 0.0531. The Kier molecular flexibility index (Phi) is 12.7. The third-order valence-electron chi connectivity index (χ3n) is 4.33. The summed E-state index contributed by atoms with van der Waals surface area (Å²) >= 11 is 1.35. The van der Waals surface area contributed by atoms with Crippen LogP contribution in [0.2, 0.25) is 0 Å². The molecule has 0 saturated carbocycles. The van der Waals surface area contributed by atoms with Crippen molar-refractivity contribution in [3.63, 3.8) is 0 Å². The average Bonchev–Trinajstić information content (AvgIpc) is 3.13. The minimum Gasteiger partial charge on any atom is -0.462 e. The summed E-state index contributed by atoms with van der Waals surface area (Å²) in [5.74, 6) is 0.374. The molecule has 1 unspecified atom stereocenters. The molecule has 2 aromatic rings. The van der Waals surface area contributed by atoms with Crippen LogP contribution in [-0.2, 0) is 22.6 Å². The number of carbonyl (C=O) groups is 1. The summed E-state index contributed by atoms with van der Waals surface area (Å²) in [6, 6.07) is 8.06. The number of aliphatic imine (C=N–C) groups is 1. The van der Waals surface area contributed by atoms with Crippen molar-refractivity contribution in [1.82, 2.24) is 15.6 Å². The van der Waals surface area contributed by atoms with Crippen molar-refractivity contribution in [1.29, 1.82) is 0 Å². The number of esters is 1. The molecule has 0 aliphatic rings. The first-order valence-electron chi connectivity index (χ1n) is 10.3. The largest absolute Gasteiger partial charge is 0.462 e. The summed E-state index contributed by atoms with van der Waals surface area (Å²) in [7, 11) is 0. The molecule has 0 fully saturated rings. The van der Waals surface area contributed by atoms with E-state index in [9.17, 15) is 4.79 Å². The molecule has 1 aromatic carbocycles. The van der Waals surface area contributed by atoms with E-state index < -0.39 is 0 Å². The van der Waals surface area contributed by atoms with Crippen LogP contribution in [0, 0.1) is 6.92 Å². The fourth-order valence-electron chi connectivity index (χ4n) is 2.80. The standard InChI is InChI=1S/C22H32N4O3S.HI/c1-6-23-22(24-13-17-11-9-10-12-18(17)14-28-7-2)26-16(5)20-25-15(4)19(30-20)21(27)29-8-3;/h9-12,16H,6-8,13-14H2,1-5H3,(H2,23,24,26);1H. The molecule has 0 radical (unpaired) electrons. The molecule has 7 nitrogen and oxygen atoms in total. The van der Waals surface area contributed by atoms with Gasteiger partial charge < -0.3 is 20.1 Å². The van der Waals surface area contributed by atoms with Crippen molar-refractivity contribution in [3.8, 4) is 0 Å². The van der Waals surface area contributed by atoms with E-state index in [-0.39, 0.29) is 36.0 Å². The normalized spacial score (nSPS) is 12.1. The van der Waals surface area contributed by atoms with Gasteiger partial charge in [-0.15, -0.1) is 35.3 Å². The summed E-state index contributed by atoms with van der Waals surface area (Å²) in [4.78, 5) is 21.9. The molecule has 0 saturated heterocycles. The number of thiazole rings is 1. The van der Waals surface area contributed by atoms with Gasteiger partial charge in [-0.1, -0.05) is 24.3 Å². The number of rotatable bonds is 10. The SMILES string of the molecule is CCNC(=NCc1ccccc1COCC)NC(C)c1nc(C)c(C(=O)OCC)s1.I. The fourth-order valence-corrected chi connectivity index (χ4v) is 3.77. The Morgan fingerprint density at radius 3 is 2.55 bits per heavy atom. The van der Waals surface area contributed by atoms with Crippen molar-refractivity contribution in [2.24, 2.45) is 4.99 Å². The summed E-state index contributed by atoms with van der Waals surface area (Å²) < 4.78 is 10.7. The maximum atomic E-state index is 12.1. The molecule has 0 amide bonds. The number of nitrogens with one attached hydrogen (secondary N) is 2. The van der Waals surface area contributed by atoms with Gasteiger partial charge in [0.2, 0.25) is 0 Å². The number of halogens is 1.